The Balaban J connectivity index is 2.42. The van der Waals surface area contributed by atoms with E-state index in [0.717, 1.165) is 31.8 Å². The van der Waals surface area contributed by atoms with Crippen LogP contribution in [0, 0.1) is 5.92 Å². The van der Waals surface area contributed by atoms with Crippen molar-refractivity contribution in [3.05, 3.63) is 0 Å². The Bertz CT molecular complexity index is 204. The van der Waals surface area contributed by atoms with Crippen LogP contribution in [-0.4, -0.2) is 29.9 Å². The molecule has 2 atom stereocenters. The van der Waals surface area contributed by atoms with Crippen LogP contribution in [0.3, 0.4) is 0 Å². The number of amides is 1. The van der Waals surface area contributed by atoms with Crippen LogP contribution in [0.15, 0.2) is 0 Å². The minimum Gasteiger partial charge on any atom is -0.341 e. The second-order valence-corrected chi connectivity index (χ2v) is 4.70. The van der Waals surface area contributed by atoms with Gasteiger partial charge in [0.15, 0.2) is 0 Å². The first-order valence-electron chi connectivity index (χ1n) is 6.19. The van der Waals surface area contributed by atoms with Gasteiger partial charge in [-0.2, -0.15) is 0 Å². The van der Waals surface area contributed by atoms with Gasteiger partial charge in [-0.15, -0.1) is 0 Å². The SMILES string of the molecule is CCCC1CCCN(C(=O)[C@H](C)N)CC1. The smallest absolute Gasteiger partial charge is 0.239 e. The zero-order valence-electron chi connectivity index (χ0n) is 10.0. The van der Waals surface area contributed by atoms with Gasteiger partial charge >= 0.3 is 0 Å². The molecule has 0 aliphatic carbocycles. The van der Waals surface area contributed by atoms with E-state index < -0.39 is 0 Å². The van der Waals surface area contributed by atoms with Crippen LogP contribution in [0.25, 0.3) is 0 Å². The third-order valence-electron chi connectivity index (χ3n) is 3.25. The summed E-state index contributed by atoms with van der Waals surface area (Å²) >= 11 is 0. The summed E-state index contributed by atoms with van der Waals surface area (Å²) in [6.45, 7) is 5.82. The van der Waals surface area contributed by atoms with E-state index in [1.54, 1.807) is 6.92 Å². The lowest BCUT2D eigenvalue weighted by molar-refractivity contribution is -0.132. The molecule has 1 amide bonds. The third kappa shape index (κ3) is 3.82. The molecule has 1 saturated heterocycles. The molecular formula is C12H24N2O. The second-order valence-electron chi connectivity index (χ2n) is 4.70. The standard InChI is InChI=1S/C12H24N2O/c1-3-5-11-6-4-8-14(9-7-11)12(15)10(2)13/h10-11H,3-9,13H2,1-2H3/t10-,11?/m0/s1. The average Bonchev–Trinajstić information content (AvgIpc) is 2.43. The van der Waals surface area contributed by atoms with Crippen LogP contribution in [0.4, 0.5) is 0 Å². The number of hydrogen-bond acceptors (Lipinski definition) is 2. The summed E-state index contributed by atoms with van der Waals surface area (Å²) in [5.74, 6) is 0.938. The molecule has 0 aromatic carbocycles. The Labute approximate surface area is 93.0 Å². The van der Waals surface area contributed by atoms with Gasteiger partial charge in [0, 0.05) is 13.1 Å². The molecule has 15 heavy (non-hydrogen) atoms. The molecule has 0 radical (unpaired) electrons. The Kier molecular flexibility index (Phi) is 5.09. The van der Waals surface area contributed by atoms with Crippen LogP contribution >= 0.6 is 0 Å². The zero-order valence-corrected chi connectivity index (χ0v) is 10.0. The van der Waals surface area contributed by atoms with Crippen molar-refractivity contribution in [3.8, 4) is 0 Å². The van der Waals surface area contributed by atoms with E-state index in [1.807, 2.05) is 4.90 Å². The number of nitrogens with zero attached hydrogens (tertiary/aromatic N) is 1. The molecule has 0 aromatic heterocycles. The monoisotopic (exact) mass is 212 g/mol. The molecule has 0 saturated carbocycles. The molecule has 1 heterocycles. The highest BCUT2D eigenvalue weighted by Crippen LogP contribution is 2.21. The molecule has 1 aliphatic rings. The van der Waals surface area contributed by atoms with Crippen LogP contribution < -0.4 is 5.73 Å². The largest absolute Gasteiger partial charge is 0.341 e. The molecule has 88 valence electrons. The van der Waals surface area contributed by atoms with Crippen molar-refractivity contribution in [2.75, 3.05) is 13.1 Å². The second kappa shape index (κ2) is 6.11. The highest BCUT2D eigenvalue weighted by Gasteiger charge is 2.21. The molecule has 3 heteroatoms. The number of carbonyl (C=O) groups is 1. The lowest BCUT2D eigenvalue weighted by Gasteiger charge is -2.22. The first kappa shape index (κ1) is 12.5. The zero-order chi connectivity index (χ0) is 11.3. The minimum atomic E-state index is -0.340. The average molecular weight is 212 g/mol. The van der Waals surface area contributed by atoms with Gasteiger partial charge in [-0.3, -0.25) is 4.79 Å². The van der Waals surface area contributed by atoms with Gasteiger partial charge in [0.2, 0.25) is 5.91 Å². The maximum atomic E-state index is 11.7. The predicted molar refractivity (Wildman–Crippen MR) is 62.5 cm³/mol. The number of hydrogen-bond donors (Lipinski definition) is 1. The van der Waals surface area contributed by atoms with Gasteiger partial charge in [-0.1, -0.05) is 19.8 Å². The number of likely N-dealkylation sites (tertiary alicyclic amines) is 1. The van der Waals surface area contributed by atoms with Crippen molar-refractivity contribution in [2.45, 2.75) is 52.0 Å². The van der Waals surface area contributed by atoms with Gasteiger partial charge in [0.05, 0.1) is 6.04 Å². The molecular weight excluding hydrogens is 188 g/mol. The Morgan fingerprint density at radius 2 is 2.20 bits per heavy atom. The van der Waals surface area contributed by atoms with E-state index in [9.17, 15) is 4.79 Å². The van der Waals surface area contributed by atoms with E-state index in [2.05, 4.69) is 6.92 Å². The number of carbonyl (C=O) groups excluding carboxylic acids is 1. The molecule has 3 nitrogen and oxygen atoms in total. The summed E-state index contributed by atoms with van der Waals surface area (Å²) in [6.07, 6.45) is 6.14. The van der Waals surface area contributed by atoms with Gasteiger partial charge in [0.25, 0.3) is 0 Å². The Hall–Kier alpha value is -0.570. The number of rotatable bonds is 3. The fourth-order valence-electron chi connectivity index (χ4n) is 2.37. The first-order chi connectivity index (χ1) is 7.15. The Morgan fingerprint density at radius 1 is 1.47 bits per heavy atom. The maximum absolute atomic E-state index is 11.7. The molecule has 1 fully saturated rings. The van der Waals surface area contributed by atoms with Gasteiger partial charge < -0.3 is 10.6 Å². The summed E-state index contributed by atoms with van der Waals surface area (Å²) < 4.78 is 0. The summed E-state index contributed by atoms with van der Waals surface area (Å²) in [7, 11) is 0. The van der Waals surface area contributed by atoms with E-state index in [1.165, 1.54) is 19.3 Å². The predicted octanol–water partition coefficient (Wildman–Crippen LogP) is 1.76. The van der Waals surface area contributed by atoms with Crippen LogP contribution in [-0.2, 0) is 4.79 Å². The Morgan fingerprint density at radius 3 is 2.80 bits per heavy atom. The van der Waals surface area contributed by atoms with E-state index in [-0.39, 0.29) is 11.9 Å². The van der Waals surface area contributed by atoms with Crippen molar-refractivity contribution < 1.29 is 4.79 Å². The quantitative estimate of drug-likeness (QED) is 0.775. The van der Waals surface area contributed by atoms with Crippen LogP contribution in [0.1, 0.15) is 46.0 Å². The molecule has 1 unspecified atom stereocenters. The molecule has 1 aliphatic heterocycles. The van der Waals surface area contributed by atoms with E-state index >= 15 is 0 Å². The van der Waals surface area contributed by atoms with Crippen molar-refractivity contribution in [1.82, 2.24) is 4.90 Å². The van der Waals surface area contributed by atoms with Crippen molar-refractivity contribution in [2.24, 2.45) is 11.7 Å². The summed E-state index contributed by atoms with van der Waals surface area (Å²) in [5, 5.41) is 0. The first-order valence-corrected chi connectivity index (χ1v) is 6.19. The van der Waals surface area contributed by atoms with E-state index in [0.29, 0.717) is 0 Å². The third-order valence-corrected chi connectivity index (χ3v) is 3.25. The summed E-state index contributed by atoms with van der Waals surface area (Å²) in [6, 6.07) is -0.340. The number of nitrogens with two attached hydrogens (primary N) is 1. The van der Waals surface area contributed by atoms with Crippen LogP contribution in [0.5, 0.6) is 0 Å². The van der Waals surface area contributed by atoms with Crippen LogP contribution in [0.2, 0.25) is 0 Å². The maximum Gasteiger partial charge on any atom is 0.239 e. The molecule has 2 N–H and O–H groups in total. The topological polar surface area (TPSA) is 46.3 Å². The van der Waals surface area contributed by atoms with Crippen molar-refractivity contribution in [3.63, 3.8) is 0 Å². The van der Waals surface area contributed by atoms with Gasteiger partial charge in [-0.05, 0) is 32.1 Å². The van der Waals surface area contributed by atoms with E-state index in [4.69, 9.17) is 5.73 Å². The van der Waals surface area contributed by atoms with Gasteiger partial charge in [0.1, 0.15) is 0 Å². The minimum absolute atomic E-state index is 0.118. The lowest BCUT2D eigenvalue weighted by Crippen LogP contribution is -2.42. The van der Waals surface area contributed by atoms with Gasteiger partial charge in [-0.25, -0.2) is 0 Å². The molecule has 0 bridgehead atoms. The van der Waals surface area contributed by atoms with Crippen molar-refractivity contribution in [1.29, 1.82) is 0 Å². The normalized spacial score (nSPS) is 24.7. The molecule has 1 rings (SSSR count). The highest BCUT2D eigenvalue weighted by atomic mass is 16.2. The van der Waals surface area contributed by atoms with Crippen molar-refractivity contribution >= 4 is 5.91 Å². The highest BCUT2D eigenvalue weighted by molar-refractivity contribution is 5.81. The molecule has 0 aromatic rings. The molecule has 0 spiro atoms. The summed E-state index contributed by atoms with van der Waals surface area (Å²) in [4.78, 5) is 13.7. The fourth-order valence-corrected chi connectivity index (χ4v) is 2.37. The lowest BCUT2D eigenvalue weighted by atomic mass is 9.96. The summed E-state index contributed by atoms with van der Waals surface area (Å²) in [5.41, 5.74) is 5.62. The fraction of sp³-hybridized carbons (Fsp3) is 0.917.